The van der Waals surface area contributed by atoms with Gasteiger partial charge in [0.15, 0.2) is 0 Å². The van der Waals surface area contributed by atoms with E-state index < -0.39 is 5.54 Å². The summed E-state index contributed by atoms with van der Waals surface area (Å²) in [6.07, 6.45) is 0. The average molecular weight is 263 g/mol. The van der Waals surface area contributed by atoms with Crippen molar-refractivity contribution in [3.63, 3.8) is 0 Å². The number of hydrogen-bond acceptors (Lipinski definition) is 3. The van der Waals surface area contributed by atoms with Crippen molar-refractivity contribution in [2.45, 2.75) is 53.1 Å². The second-order valence-electron chi connectivity index (χ2n) is 5.46. The topological polar surface area (TPSA) is 38.3 Å². The Bertz CT molecular complexity index is 454. The summed E-state index contributed by atoms with van der Waals surface area (Å²) < 4.78 is 5.25. The molecule has 19 heavy (non-hydrogen) atoms. The summed E-state index contributed by atoms with van der Waals surface area (Å²) in [5.74, 6) is -0.226. The van der Waals surface area contributed by atoms with Crippen molar-refractivity contribution in [3.05, 3.63) is 34.9 Å². The third-order valence-electron chi connectivity index (χ3n) is 3.18. The van der Waals surface area contributed by atoms with Crippen LogP contribution in [0.5, 0.6) is 0 Å². The van der Waals surface area contributed by atoms with E-state index in [4.69, 9.17) is 4.74 Å². The Morgan fingerprint density at radius 2 is 2.00 bits per heavy atom. The summed E-state index contributed by atoms with van der Waals surface area (Å²) in [6, 6.07) is 6.32. The smallest absolute Gasteiger partial charge is 0.330 e. The van der Waals surface area contributed by atoms with Crippen LogP contribution in [-0.4, -0.2) is 18.6 Å². The lowest BCUT2D eigenvalue weighted by Crippen LogP contribution is -2.51. The molecule has 0 aliphatic carbocycles. The van der Waals surface area contributed by atoms with Crippen molar-refractivity contribution in [1.29, 1.82) is 0 Å². The molecular weight excluding hydrogens is 238 g/mol. The highest BCUT2D eigenvalue weighted by molar-refractivity contribution is 5.82. The maximum atomic E-state index is 12.4. The van der Waals surface area contributed by atoms with Gasteiger partial charge in [-0.2, -0.15) is 0 Å². The second-order valence-corrected chi connectivity index (χ2v) is 5.46. The minimum absolute atomic E-state index is 0.190. The van der Waals surface area contributed by atoms with E-state index in [2.05, 4.69) is 11.4 Å². The molecule has 1 aromatic carbocycles. The molecular formula is C16H25NO2. The molecule has 3 heteroatoms. The molecule has 0 saturated carbocycles. The number of carbonyl (C=O) groups is 1. The first kappa shape index (κ1) is 15.7. The zero-order chi connectivity index (χ0) is 14.6. The summed E-state index contributed by atoms with van der Waals surface area (Å²) >= 11 is 0. The Labute approximate surface area is 116 Å². The monoisotopic (exact) mass is 263 g/mol. The quantitative estimate of drug-likeness (QED) is 0.830. The largest absolute Gasteiger partial charge is 0.464 e. The summed E-state index contributed by atoms with van der Waals surface area (Å²) in [6.45, 7) is 12.2. The maximum absolute atomic E-state index is 12.4. The van der Waals surface area contributed by atoms with Gasteiger partial charge in [0.25, 0.3) is 0 Å². The fraction of sp³-hybridized carbons (Fsp3) is 0.562. The first-order chi connectivity index (χ1) is 8.81. The van der Waals surface area contributed by atoms with Crippen LogP contribution in [0.1, 0.15) is 44.4 Å². The average Bonchev–Trinajstić information content (AvgIpc) is 2.27. The molecule has 1 N–H and O–H groups in total. The van der Waals surface area contributed by atoms with Crippen molar-refractivity contribution in [2.24, 2.45) is 0 Å². The van der Waals surface area contributed by atoms with Crippen LogP contribution in [0.4, 0.5) is 0 Å². The van der Waals surface area contributed by atoms with E-state index in [9.17, 15) is 4.79 Å². The van der Waals surface area contributed by atoms with Gasteiger partial charge in [0.05, 0.1) is 6.61 Å². The second kappa shape index (κ2) is 6.20. The van der Waals surface area contributed by atoms with E-state index in [-0.39, 0.29) is 12.0 Å². The third kappa shape index (κ3) is 3.57. The van der Waals surface area contributed by atoms with Gasteiger partial charge in [-0.3, -0.25) is 5.32 Å². The van der Waals surface area contributed by atoms with Gasteiger partial charge in [-0.15, -0.1) is 0 Å². The van der Waals surface area contributed by atoms with E-state index in [1.165, 1.54) is 5.56 Å². The van der Waals surface area contributed by atoms with E-state index in [1.54, 1.807) is 0 Å². The van der Waals surface area contributed by atoms with Crippen LogP contribution in [-0.2, 0) is 15.1 Å². The van der Waals surface area contributed by atoms with Crippen LogP contribution >= 0.6 is 0 Å². The first-order valence-corrected chi connectivity index (χ1v) is 6.84. The van der Waals surface area contributed by atoms with Crippen molar-refractivity contribution in [3.8, 4) is 0 Å². The molecule has 1 atom stereocenters. The van der Waals surface area contributed by atoms with Gasteiger partial charge in [-0.25, -0.2) is 4.79 Å². The molecule has 0 radical (unpaired) electrons. The van der Waals surface area contributed by atoms with Crippen molar-refractivity contribution in [2.75, 3.05) is 6.61 Å². The zero-order valence-corrected chi connectivity index (χ0v) is 12.8. The highest BCUT2D eigenvalue weighted by Gasteiger charge is 2.38. The molecule has 0 aliphatic rings. The minimum atomic E-state index is -0.804. The molecule has 1 rings (SSSR count). The third-order valence-corrected chi connectivity index (χ3v) is 3.18. The number of esters is 1. The van der Waals surface area contributed by atoms with Crippen LogP contribution in [0, 0.1) is 13.8 Å². The lowest BCUT2D eigenvalue weighted by atomic mass is 9.87. The first-order valence-electron chi connectivity index (χ1n) is 6.84. The number of aryl methyl sites for hydroxylation is 2. The Morgan fingerprint density at radius 1 is 1.37 bits per heavy atom. The highest BCUT2D eigenvalue weighted by atomic mass is 16.5. The number of hydrogen-bond donors (Lipinski definition) is 1. The number of nitrogens with one attached hydrogen (secondary N) is 1. The standard InChI is InChI=1S/C16H25NO2/c1-7-19-15(18)16(6,17-11(2)3)14-9-8-12(4)10-13(14)5/h8-11,17H,7H2,1-6H3. The van der Waals surface area contributed by atoms with Crippen LogP contribution < -0.4 is 5.32 Å². The van der Waals surface area contributed by atoms with Crippen molar-refractivity contribution >= 4 is 5.97 Å². The summed E-state index contributed by atoms with van der Waals surface area (Å²) in [7, 11) is 0. The Morgan fingerprint density at radius 3 is 2.47 bits per heavy atom. The van der Waals surface area contributed by atoms with Gasteiger partial charge in [0.2, 0.25) is 0 Å². The van der Waals surface area contributed by atoms with Crippen LogP contribution in [0.2, 0.25) is 0 Å². The summed E-state index contributed by atoms with van der Waals surface area (Å²) in [4.78, 5) is 12.4. The number of rotatable bonds is 5. The molecule has 0 spiro atoms. The van der Waals surface area contributed by atoms with Crippen LogP contribution in [0.25, 0.3) is 0 Å². The Balaban J connectivity index is 3.26. The molecule has 3 nitrogen and oxygen atoms in total. The molecule has 0 aromatic heterocycles. The molecule has 0 fully saturated rings. The molecule has 1 unspecified atom stereocenters. The summed E-state index contributed by atoms with van der Waals surface area (Å²) in [5.41, 5.74) is 2.47. The Kier molecular flexibility index (Phi) is 5.12. The molecule has 1 aromatic rings. The zero-order valence-electron chi connectivity index (χ0n) is 12.8. The van der Waals surface area contributed by atoms with Crippen molar-refractivity contribution < 1.29 is 9.53 Å². The number of carbonyl (C=O) groups excluding carboxylic acids is 1. The molecule has 0 amide bonds. The highest BCUT2D eigenvalue weighted by Crippen LogP contribution is 2.27. The minimum Gasteiger partial charge on any atom is -0.464 e. The normalized spacial score (nSPS) is 14.3. The van der Waals surface area contributed by atoms with Crippen LogP contribution in [0.15, 0.2) is 18.2 Å². The molecule has 0 saturated heterocycles. The molecule has 0 aliphatic heterocycles. The fourth-order valence-electron chi connectivity index (χ4n) is 2.47. The van der Waals surface area contributed by atoms with E-state index in [0.29, 0.717) is 6.61 Å². The predicted octanol–water partition coefficient (Wildman–Crippen LogP) is 3.08. The number of benzene rings is 1. The lowest BCUT2D eigenvalue weighted by molar-refractivity contribution is -0.151. The van der Waals surface area contributed by atoms with Gasteiger partial charge in [0.1, 0.15) is 5.54 Å². The molecule has 0 bridgehead atoms. The van der Waals surface area contributed by atoms with E-state index in [1.807, 2.05) is 53.7 Å². The van der Waals surface area contributed by atoms with Gasteiger partial charge in [-0.05, 0) is 52.7 Å². The van der Waals surface area contributed by atoms with Crippen molar-refractivity contribution in [1.82, 2.24) is 5.32 Å². The van der Waals surface area contributed by atoms with Gasteiger partial charge >= 0.3 is 5.97 Å². The van der Waals surface area contributed by atoms with E-state index in [0.717, 1.165) is 11.1 Å². The van der Waals surface area contributed by atoms with Crippen LogP contribution in [0.3, 0.4) is 0 Å². The summed E-state index contributed by atoms with van der Waals surface area (Å²) in [5, 5.41) is 3.34. The molecule has 0 heterocycles. The van der Waals surface area contributed by atoms with Gasteiger partial charge in [-0.1, -0.05) is 23.8 Å². The fourth-order valence-corrected chi connectivity index (χ4v) is 2.47. The number of ether oxygens (including phenoxy) is 1. The van der Waals surface area contributed by atoms with Gasteiger partial charge in [0, 0.05) is 6.04 Å². The maximum Gasteiger partial charge on any atom is 0.330 e. The van der Waals surface area contributed by atoms with Gasteiger partial charge < -0.3 is 4.74 Å². The predicted molar refractivity (Wildman–Crippen MR) is 78.2 cm³/mol. The SMILES string of the molecule is CCOC(=O)C(C)(NC(C)C)c1ccc(C)cc1C. The molecule has 106 valence electrons. The lowest BCUT2D eigenvalue weighted by Gasteiger charge is -2.32. The van der Waals surface area contributed by atoms with E-state index >= 15 is 0 Å². The Hall–Kier alpha value is -1.35.